The van der Waals surface area contributed by atoms with Crippen LogP contribution >= 0.6 is 0 Å². The summed E-state index contributed by atoms with van der Waals surface area (Å²) in [4.78, 5) is 24.8. The highest BCUT2D eigenvalue weighted by molar-refractivity contribution is 5.80. The van der Waals surface area contributed by atoms with Crippen LogP contribution in [0.4, 0.5) is 0 Å². The molecular weight excluding hydrogens is 220 g/mol. The molecule has 0 saturated heterocycles. The van der Waals surface area contributed by atoms with Crippen molar-refractivity contribution in [2.45, 2.75) is 39.2 Å². The molecular formula is C12H24N2O3. The highest BCUT2D eigenvalue weighted by Crippen LogP contribution is 2.08. The van der Waals surface area contributed by atoms with E-state index in [-0.39, 0.29) is 24.5 Å². The maximum Gasteiger partial charge on any atom is 0.323 e. The second kappa shape index (κ2) is 8.98. The summed E-state index contributed by atoms with van der Waals surface area (Å²) in [6, 6.07) is -0.331. The second-order valence-corrected chi connectivity index (χ2v) is 4.05. The molecule has 1 N–H and O–H groups in total. The van der Waals surface area contributed by atoms with Crippen molar-refractivity contribution < 1.29 is 14.3 Å². The zero-order chi connectivity index (χ0) is 13.3. The molecule has 0 rings (SSSR count). The number of nitrogens with zero attached hydrogens (tertiary/aromatic N) is 1. The van der Waals surface area contributed by atoms with Crippen LogP contribution in [0.3, 0.4) is 0 Å². The number of methoxy groups -OCH3 is 1. The topological polar surface area (TPSA) is 58.6 Å². The Morgan fingerprint density at radius 3 is 2.47 bits per heavy atom. The Hall–Kier alpha value is -1.10. The Labute approximate surface area is 103 Å². The molecule has 1 amide bonds. The number of esters is 1. The number of amides is 1. The van der Waals surface area contributed by atoms with Crippen LogP contribution in [0, 0.1) is 0 Å². The van der Waals surface area contributed by atoms with Gasteiger partial charge in [-0.25, -0.2) is 0 Å². The van der Waals surface area contributed by atoms with Gasteiger partial charge < -0.3 is 10.1 Å². The van der Waals surface area contributed by atoms with E-state index in [0.717, 1.165) is 19.3 Å². The van der Waals surface area contributed by atoms with Crippen LogP contribution in [0.15, 0.2) is 0 Å². The molecule has 5 heteroatoms. The Morgan fingerprint density at radius 1 is 1.35 bits per heavy atom. The van der Waals surface area contributed by atoms with Crippen molar-refractivity contribution in [1.82, 2.24) is 10.2 Å². The van der Waals surface area contributed by atoms with Crippen molar-refractivity contribution >= 4 is 11.9 Å². The molecule has 1 unspecified atom stereocenters. The lowest BCUT2D eigenvalue weighted by atomic mass is 10.1. The quantitative estimate of drug-likeness (QED) is 0.641. The number of nitrogens with one attached hydrogen (secondary N) is 1. The van der Waals surface area contributed by atoms with E-state index in [9.17, 15) is 9.59 Å². The van der Waals surface area contributed by atoms with Gasteiger partial charge in [0.25, 0.3) is 0 Å². The van der Waals surface area contributed by atoms with Gasteiger partial charge >= 0.3 is 5.97 Å². The molecule has 100 valence electrons. The summed E-state index contributed by atoms with van der Waals surface area (Å²) >= 11 is 0. The lowest BCUT2D eigenvalue weighted by molar-refractivity contribution is -0.147. The zero-order valence-electron chi connectivity index (χ0n) is 11.3. The monoisotopic (exact) mass is 244 g/mol. The van der Waals surface area contributed by atoms with Crippen LogP contribution in [0.2, 0.25) is 0 Å². The minimum Gasteiger partial charge on any atom is -0.468 e. The second-order valence-electron chi connectivity index (χ2n) is 4.05. The van der Waals surface area contributed by atoms with Crippen molar-refractivity contribution in [2.24, 2.45) is 0 Å². The third kappa shape index (κ3) is 6.26. The van der Waals surface area contributed by atoms with Gasteiger partial charge in [0.05, 0.1) is 13.7 Å². The number of carbonyl (C=O) groups excluding carboxylic acids is 2. The Morgan fingerprint density at radius 2 is 2.00 bits per heavy atom. The average molecular weight is 244 g/mol. The van der Waals surface area contributed by atoms with Gasteiger partial charge in [-0.1, -0.05) is 19.8 Å². The number of carbonyl (C=O) groups is 2. The Balaban J connectivity index is 4.35. The minimum absolute atomic E-state index is 0.0691. The number of ether oxygens (including phenoxy) is 1. The van der Waals surface area contributed by atoms with Crippen LogP contribution in [0.25, 0.3) is 0 Å². The standard InChI is InChI=1S/C12H24N2O3/c1-5-7-8-10(12(16)17-4)14(3)9-11(15)13-6-2/h10H,5-9H2,1-4H3,(H,13,15). The number of hydrogen-bond acceptors (Lipinski definition) is 4. The van der Waals surface area contributed by atoms with E-state index in [4.69, 9.17) is 4.74 Å². The molecule has 0 spiro atoms. The van der Waals surface area contributed by atoms with Gasteiger partial charge in [-0.15, -0.1) is 0 Å². The molecule has 0 aromatic rings. The largest absolute Gasteiger partial charge is 0.468 e. The van der Waals surface area contributed by atoms with Gasteiger partial charge in [-0.2, -0.15) is 0 Å². The van der Waals surface area contributed by atoms with Crippen molar-refractivity contribution in [3.63, 3.8) is 0 Å². The van der Waals surface area contributed by atoms with E-state index >= 15 is 0 Å². The molecule has 5 nitrogen and oxygen atoms in total. The lowest BCUT2D eigenvalue weighted by Crippen LogP contribution is -2.44. The SMILES string of the molecule is CCCCC(C(=O)OC)N(C)CC(=O)NCC. The van der Waals surface area contributed by atoms with Gasteiger partial charge in [-0.3, -0.25) is 14.5 Å². The third-order valence-corrected chi connectivity index (χ3v) is 2.60. The van der Waals surface area contributed by atoms with Crippen molar-refractivity contribution in [1.29, 1.82) is 0 Å². The third-order valence-electron chi connectivity index (χ3n) is 2.60. The van der Waals surface area contributed by atoms with Gasteiger partial charge in [0.1, 0.15) is 6.04 Å². The molecule has 0 aromatic carbocycles. The predicted octanol–water partition coefficient (Wildman–Crippen LogP) is 0.786. The molecule has 0 fully saturated rings. The number of hydrogen-bond donors (Lipinski definition) is 1. The summed E-state index contributed by atoms with van der Waals surface area (Å²) in [5.41, 5.74) is 0. The average Bonchev–Trinajstić information content (AvgIpc) is 2.29. The first kappa shape index (κ1) is 15.9. The smallest absolute Gasteiger partial charge is 0.323 e. The Kier molecular flexibility index (Phi) is 8.40. The van der Waals surface area contributed by atoms with Crippen molar-refractivity contribution in [3.8, 4) is 0 Å². The van der Waals surface area contributed by atoms with Crippen LogP contribution in [-0.4, -0.2) is 50.1 Å². The van der Waals surface area contributed by atoms with Crippen LogP contribution in [0.1, 0.15) is 33.1 Å². The fraction of sp³-hybridized carbons (Fsp3) is 0.833. The summed E-state index contributed by atoms with van der Waals surface area (Å²) < 4.78 is 4.76. The Bertz CT molecular complexity index is 244. The van der Waals surface area contributed by atoms with Gasteiger partial charge in [0.15, 0.2) is 0 Å². The maximum atomic E-state index is 11.6. The summed E-state index contributed by atoms with van der Waals surface area (Å²) in [5, 5.41) is 2.71. The molecule has 0 radical (unpaired) electrons. The van der Waals surface area contributed by atoms with Crippen LogP contribution < -0.4 is 5.32 Å². The highest BCUT2D eigenvalue weighted by Gasteiger charge is 2.24. The van der Waals surface area contributed by atoms with Gasteiger partial charge in [0, 0.05) is 6.54 Å². The molecule has 0 aliphatic heterocycles. The molecule has 0 aromatic heterocycles. The molecule has 1 atom stereocenters. The summed E-state index contributed by atoms with van der Waals surface area (Å²) in [6.07, 6.45) is 2.68. The van der Waals surface area contributed by atoms with Crippen molar-refractivity contribution in [3.05, 3.63) is 0 Å². The fourth-order valence-electron chi connectivity index (χ4n) is 1.64. The van der Waals surface area contributed by atoms with Crippen molar-refractivity contribution in [2.75, 3.05) is 27.2 Å². The molecule has 17 heavy (non-hydrogen) atoms. The van der Waals surface area contributed by atoms with E-state index in [1.165, 1.54) is 7.11 Å². The molecule has 0 aliphatic rings. The number of rotatable bonds is 8. The predicted molar refractivity (Wildman–Crippen MR) is 66.6 cm³/mol. The summed E-state index contributed by atoms with van der Waals surface area (Å²) in [5.74, 6) is -0.342. The number of unbranched alkanes of at least 4 members (excludes halogenated alkanes) is 1. The van der Waals surface area contributed by atoms with E-state index < -0.39 is 0 Å². The molecule has 0 aliphatic carbocycles. The van der Waals surface area contributed by atoms with E-state index in [2.05, 4.69) is 12.2 Å². The van der Waals surface area contributed by atoms with E-state index in [1.807, 2.05) is 6.92 Å². The van der Waals surface area contributed by atoms with Crippen LogP contribution in [0.5, 0.6) is 0 Å². The van der Waals surface area contributed by atoms with E-state index in [0.29, 0.717) is 6.54 Å². The number of likely N-dealkylation sites (N-methyl/N-ethyl adjacent to an activating group) is 2. The maximum absolute atomic E-state index is 11.6. The first-order valence-electron chi connectivity index (χ1n) is 6.11. The highest BCUT2D eigenvalue weighted by atomic mass is 16.5. The van der Waals surface area contributed by atoms with Crippen LogP contribution in [-0.2, 0) is 14.3 Å². The lowest BCUT2D eigenvalue weighted by Gasteiger charge is -2.25. The molecule has 0 heterocycles. The normalized spacial score (nSPS) is 12.3. The summed E-state index contributed by atoms with van der Waals surface area (Å²) in [7, 11) is 3.15. The van der Waals surface area contributed by atoms with E-state index in [1.54, 1.807) is 11.9 Å². The van der Waals surface area contributed by atoms with Gasteiger partial charge in [0.2, 0.25) is 5.91 Å². The first-order valence-corrected chi connectivity index (χ1v) is 6.11. The molecule has 0 saturated carbocycles. The fourth-order valence-corrected chi connectivity index (χ4v) is 1.64. The zero-order valence-corrected chi connectivity index (χ0v) is 11.3. The van der Waals surface area contributed by atoms with Gasteiger partial charge in [-0.05, 0) is 20.4 Å². The minimum atomic E-state index is -0.331. The first-order chi connectivity index (χ1) is 8.06. The summed E-state index contributed by atoms with van der Waals surface area (Å²) in [6.45, 7) is 4.76. The molecule has 0 bridgehead atoms.